The lowest BCUT2D eigenvalue weighted by Gasteiger charge is -2.09. The molecule has 3 aromatic carbocycles. The minimum atomic E-state index is -0.486. The zero-order valence-corrected chi connectivity index (χ0v) is 16.4. The molecule has 6 heteroatoms. The quantitative estimate of drug-likeness (QED) is 0.399. The molecule has 148 valence electrons. The second kappa shape index (κ2) is 8.53. The highest BCUT2D eigenvalue weighted by Crippen LogP contribution is 2.13. The average molecular weight is 396 g/mol. The second-order valence-corrected chi connectivity index (χ2v) is 6.97. The Bertz CT molecular complexity index is 1280. The molecule has 30 heavy (non-hydrogen) atoms. The molecule has 0 aliphatic carbocycles. The van der Waals surface area contributed by atoms with Gasteiger partial charge >= 0.3 is 0 Å². The van der Waals surface area contributed by atoms with Gasteiger partial charge in [-0.05, 0) is 24.1 Å². The molecule has 1 heterocycles. The van der Waals surface area contributed by atoms with Crippen LogP contribution in [0.25, 0.3) is 10.8 Å². The van der Waals surface area contributed by atoms with E-state index < -0.39 is 5.91 Å². The first-order valence-electron chi connectivity index (χ1n) is 9.57. The number of aromatic nitrogens is 2. The summed E-state index contributed by atoms with van der Waals surface area (Å²) in [7, 11) is 0. The van der Waals surface area contributed by atoms with Crippen LogP contribution >= 0.6 is 0 Å². The van der Waals surface area contributed by atoms with Gasteiger partial charge in [-0.2, -0.15) is 10.2 Å². The summed E-state index contributed by atoms with van der Waals surface area (Å²) in [5.41, 5.74) is 6.26. The molecule has 0 unspecified atom stereocenters. The van der Waals surface area contributed by atoms with E-state index >= 15 is 0 Å². The fraction of sp³-hybridized carbons (Fsp3) is 0.0833. The molecule has 4 rings (SSSR count). The molecule has 4 aromatic rings. The number of hydrogen-bond acceptors (Lipinski definition) is 4. The number of hydrogen-bond donors (Lipinski definition) is 2. The van der Waals surface area contributed by atoms with E-state index in [1.807, 2.05) is 61.5 Å². The number of nitrogens with one attached hydrogen (secondary N) is 2. The molecule has 1 amide bonds. The van der Waals surface area contributed by atoms with Crippen LogP contribution in [0.1, 0.15) is 27.2 Å². The number of benzene rings is 3. The van der Waals surface area contributed by atoms with Gasteiger partial charge in [0.1, 0.15) is 0 Å². The van der Waals surface area contributed by atoms with Crippen molar-refractivity contribution >= 4 is 22.4 Å². The molecule has 0 saturated carbocycles. The summed E-state index contributed by atoms with van der Waals surface area (Å²) in [4.78, 5) is 24.8. The van der Waals surface area contributed by atoms with E-state index in [1.54, 1.807) is 24.3 Å². The molecule has 2 N–H and O–H groups in total. The molecular formula is C24H20N4O2. The predicted molar refractivity (Wildman–Crippen MR) is 118 cm³/mol. The van der Waals surface area contributed by atoms with Crippen LogP contribution < -0.4 is 11.0 Å². The first-order chi connectivity index (χ1) is 14.6. The summed E-state index contributed by atoms with van der Waals surface area (Å²) >= 11 is 0. The van der Waals surface area contributed by atoms with Crippen LogP contribution in [-0.4, -0.2) is 21.8 Å². The number of aryl methyl sites for hydroxylation is 1. The molecule has 0 spiro atoms. The van der Waals surface area contributed by atoms with Gasteiger partial charge in [0.25, 0.3) is 11.5 Å². The molecule has 0 atom stereocenters. The number of aromatic amines is 1. The third-order valence-corrected chi connectivity index (χ3v) is 4.80. The van der Waals surface area contributed by atoms with Gasteiger partial charge in [0.15, 0.2) is 5.69 Å². The van der Waals surface area contributed by atoms with Crippen molar-refractivity contribution in [1.82, 2.24) is 15.6 Å². The van der Waals surface area contributed by atoms with E-state index in [0.29, 0.717) is 17.2 Å². The van der Waals surface area contributed by atoms with Crippen molar-refractivity contribution < 1.29 is 4.79 Å². The lowest BCUT2D eigenvalue weighted by molar-refractivity contribution is 0.0950. The lowest BCUT2D eigenvalue weighted by Crippen LogP contribution is -2.24. The van der Waals surface area contributed by atoms with Crippen molar-refractivity contribution in [3.63, 3.8) is 0 Å². The van der Waals surface area contributed by atoms with Gasteiger partial charge < -0.3 is 0 Å². The highest BCUT2D eigenvalue weighted by Gasteiger charge is 2.14. The number of carbonyl (C=O) groups excluding carboxylic acids is 1. The summed E-state index contributed by atoms with van der Waals surface area (Å²) in [5, 5.41) is 11.6. The maximum Gasteiger partial charge on any atom is 0.292 e. The summed E-state index contributed by atoms with van der Waals surface area (Å²) in [6, 6.07) is 24.8. The Labute approximate surface area is 173 Å². The van der Waals surface area contributed by atoms with Crippen LogP contribution in [-0.2, 0) is 6.42 Å². The number of amides is 1. The number of fused-ring (bicyclic) bond motifs is 1. The van der Waals surface area contributed by atoms with E-state index in [2.05, 4.69) is 20.7 Å². The minimum absolute atomic E-state index is 0.122. The van der Waals surface area contributed by atoms with Crippen LogP contribution in [0.2, 0.25) is 0 Å². The number of carbonyl (C=O) groups is 1. The SMILES string of the molecule is Cc1ccc(/C(Cc2ccccc2)=N/NC(=O)c2n[nH]c(=O)c3ccccc23)cc1. The van der Waals surface area contributed by atoms with E-state index in [0.717, 1.165) is 22.4 Å². The zero-order chi connectivity index (χ0) is 20.9. The van der Waals surface area contributed by atoms with Crippen LogP contribution in [0, 0.1) is 6.92 Å². The fourth-order valence-corrected chi connectivity index (χ4v) is 3.20. The Kier molecular flexibility index (Phi) is 5.48. The van der Waals surface area contributed by atoms with E-state index in [9.17, 15) is 9.59 Å². The third kappa shape index (κ3) is 4.17. The number of hydrazone groups is 1. The molecule has 1 aromatic heterocycles. The maximum atomic E-state index is 12.8. The van der Waals surface area contributed by atoms with Gasteiger partial charge in [-0.25, -0.2) is 10.5 Å². The standard InChI is InChI=1S/C24H20N4O2/c1-16-11-13-18(14-12-16)21(15-17-7-3-2-4-8-17)25-28-24(30)22-19-9-5-6-10-20(19)23(29)27-26-22/h2-14H,15H2,1H3,(H,27,29)(H,28,30)/b25-21+. The molecule has 0 bridgehead atoms. The van der Waals surface area contributed by atoms with Crippen molar-refractivity contribution in [3.8, 4) is 0 Å². The Morgan fingerprint density at radius 2 is 1.60 bits per heavy atom. The van der Waals surface area contributed by atoms with Gasteiger partial charge in [-0.15, -0.1) is 0 Å². The first-order valence-corrected chi connectivity index (χ1v) is 9.57. The number of nitrogens with zero attached hydrogens (tertiary/aromatic N) is 2. The molecular weight excluding hydrogens is 376 g/mol. The summed E-state index contributed by atoms with van der Waals surface area (Å²) in [6.07, 6.45) is 0.560. The lowest BCUT2D eigenvalue weighted by atomic mass is 10.0. The monoisotopic (exact) mass is 396 g/mol. The van der Waals surface area contributed by atoms with E-state index in [4.69, 9.17) is 0 Å². The van der Waals surface area contributed by atoms with Crippen LogP contribution in [0.4, 0.5) is 0 Å². The Hall–Kier alpha value is -4.06. The second-order valence-electron chi connectivity index (χ2n) is 6.97. The van der Waals surface area contributed by atoms with E-state index in [1.165, 1.54) is 0 Å². The van der Waals surface area contributed by atoms with Gasteiger partial charge in [0.2, 0.25) is 0 Å². The molecule has 0 saturated heterocycles. The highest BCUT2D eigenvalue weighted by molar-refractivity contribution is 6.06. The average Bonchev–Trinajstić information content (AvgIpc) is 2.78. The molecule has 6 nitrogen and oxygen atoms in total. The van der Waals surface area contributed by atoms with Gasteiger partial charge in [-0.3, -0.25) is 9.59 Å². The summed E-state index contributed by atoms with van der Waals surface area (Å²) < 4.78 is 0. The third-order valence-electron chi connectivity index (χ3n) is 4.80. The molecule has 0 aliphatic heterocycles. The molecule has 0 aliphatic rings. The van der Waals surface area contributed by atoms with Gasteiger partial charge in [-0.1, -0.05) is 78.4 Å². The van der Waals surface area contributed by atoms with Gasteiger partial charge in [0, 0.05) is 11.8 Å². The van der Waals surface area contributed by atoms with E-state index in [-0.39, 0.29) is 11.3 Å². The Morgan fingerprint density at radius 1 is 0.933 bits per heavy atom. The van der Waals surface area contributed by atoms with Crippen molar-refractivity contribution in [1.29, 1.82) is 0 Å². The van der Waals surface area contributed by atoms with Gasteiger partial charge in [0.05, 0.1) is 11.1 Å². The highest BCUT2D eigenvalue weighted by atomic mass is 16.2. The first kappa shape index (κ1) is 19.3. The van der Waals surface area contributed by atoms with Crippen LogP contribution in [0.15, 0.2) is 88.8 Å². The Balaban J connectivity index is 1.67. The largest absolute Gasteiger partial charge is 0.292 e. The topological polar surface area (TPSA) is 87.2 Å². The molecule has 0 fully saturated rings. The normalized spacial score (nSPS) is 11.4. The number of H-pyrrole nitrogens is 1. The van der Waals surface area contributed by atoms with Crippen molar-refractivity contribution in [2.45, 2.75) is 13.3 Å². The summed E-state index contributed by atoms with van der Waals surface area (Å²) in [5.74, 6) is -0.486. The fourth-order valence-electron chi connectivity index (χ4n) is 3.20. The number of rotatable bonds is 5. The maximum absolute atomic E-state index is 12.8. The molecule has 0 radical (unpaired) electrons. The van der Waals surface area contributed by atoms with Crippen molar-refractivity contribution in [3.05, 3.63) is 112 Å². The zero-order valence-electron chi connectivity index (χ0n) is 16.4. The minimum Gasteiger partial charge on any atom is -0.267 e. The smallest absolute Gasteiger partial charge is 0.267 e. The van der Waals surface area contributed by atoms with Crippen LogP contribution in [0.5, 0.6) is 0 Å². The van der Waals surface area contributed by atoms with Crippen LogP contribution in [0.3, 0.4) is 0 Å². The van der Waals surface area contributed by atoms with Crippen molar-refractivity contribution in [2.75, 3.05) is 0 Å². The van der Waals surface area contributed by atoms with Crippen molar-refractivity contribution in [2.24, 2.45) is 5.10 Å². The Morgan fingerprint density at radius 3 is 2.33 bits per heavy atom. The predicted octanol–water partition coefficient (Wildman–Crippen LogP) is 3.61. The summed E-state index contributed by atoms with van der Waals surface area (Å²) in [6.45, 7) is 2.02.